The quantitative estimate of drug-likeness (QED) is 0.298. The van der Waals surface area contributed by atoms with E-state index in [9.17, 15) is 0 Å². The summed E-state index contributed by atoms with van der Waals surface area (Å²) in [4.78, 5) is 12.6. The Morgan fingerprint density at radius 3 is 2.62 bits per heavy atom. The number of nitrogens with zero attached hydrogens (tertiary/aromatic N) is 3. The number of aliphatic imine (C=N–C) groups is 1. The molecule has 0 amide bonds. The Labute approximate surface area is 178 Å². The van der Waals surface area contributed by atoms with Gasteiger partial charge in [-0.05, 0) is 57.8 Å². The number of guanidine groups is 1. The smallest absolute Gasteiger partial charge is 0.208 e. The van der Waals surface area contributed by atoms with Crippen molar-refractivity contribution < 1.29 is 4.42 Å². The lowest BCUT2D eigenvalue weighted by Gasteiger charge is -2.31. The van der Waals surface area contributed by atoms with Crippen LogP contribution in [0.4, 0.5) is 0 Å². The van der Waals surface area contributed by atoms with Gasteiger partial charge in [0.25, 0.3) is 0 Å². The van der Waals surface area contributed by atoms with Crippen LogP contribution in [-0.2, 0) is 6.54 Å². The molecule has 158 valence electrons. The molecule has 0 spiro atoms. The summed E-state index contributed by atoms with van der Waals surface area (Å²) in [7, 11) is 1.84. The summed E-state index contributed by atoms with van der Waals surface area (Å²) in [5.41, 5.74) is 1.00. The molecule has 0 unspecified atom stereocenters. The van der Waals surface area contributed by atoms with Crippen LogP contribution in [0.25, 0.3) is 0 Å². The minimum absolute atomic E-state index is 0.677. The standard InChI is InChI=1S/C22H33N5OS/c1-17-18(2)28-21(26-17)16-27-12-9-19(10-13-27)15-25-22(23-3)24-11-14-29-20-7-5-4-6-8-20/h4-8,19H,9-16H2,1-3H3,(H2,23,24,25). The van der Waals surface area contributed by atoms with Gasteiger partial charge in [-0.15, -0.1) is 11.8 Å². The topological polar surface area (TPSA) is 65.7 Å². The van der Waals surface area contributed by atoms with Crippen molar-refractivity contribution in [2.24, 2.45) is 10.9 Å². The van der Waals surface area contributed by atoms with Gasteiger partial charge in [0.1, 0.15) is 5.76 Å². The zero-order chi connectivity index (χ0) is 20.5. The molecular weight excluding hydrogens is 382 g/mol. The molecule has 0 bridgehead atoms. The first-order valence-electron chi connectivity index (χ1n) is 10.4. The minimum Gasteiger partial charge on any atom is -0.444 e. The summed E-state index contributed by atoms with van der Waals surface area (Å²) in [5.74, 6) is 4.36. The maximum Gasteiger partial charge on any atom is 0.208 e. The summed E-state index contributed by atoms with van der Waals surface area (Å²) in [6, 6.07) is 10.5. The van der Waals surface area contributed by atoms with E-state index in [4.69, 9.17) is 4.42 Å². The Morgan fingerprint density at radius 1 is 1.21 bits per heavy atom. The van der Waals surface area contributed by atoms with E-state index in [1.54, 1.807) is 0 Å². The highest BCUT2D eigenvalue weighted by atomic mass is 32.2. The first-order chi connectivity index (χ1) is 14.1. The summed E-state index contributed by atoms with van der Waals surface area (Å²) in [6.45, 7) is 8.84. The van der Waals surface area contributed by atoms with Gasteiger partial charge in [-0.2, -0.15) is 0 Å². The maximum absolute atomic E-state index is 5.72. The second-order valence-electron chi connectivity index (χ2n) is 7.51. The lowest BCUT2D eigenvalue weighted by molar-refractivity contribution is 0.164. The molecule has 2 aromatic rings. The van der Waals surface area contributed by atoms with Crippen molar-refractivity contribution in [3.8, 4) is 0 Å². The fourth-order valence-corrected chi connectivity index (χ4v) is 4.25. The first-order valence-corrected chi connectivity index (χ1v) is 11.4. The van der Waals surface area contributed by atoms with Crippen molar-refractivity contribution in [1.29, 1.82) is 0 Å². The van der Waals surface area contributed by atoms with Crippen molar-refractivity contribution in [2.75, 3.05) is 39.0 Å². The minimum atomic E-state index is 0.677. The van der Waals surface area contributed by atoms with Gasteiger partial charge in [-0.3, -0.25) is 9.89 Å². The van der Waals surface area contributed by atoms with E-state index in [1.165, 1.54) is 17.7 Å². The number of nitrogens with one attached hydrogen (secondary N) is 2. The van der Waals surface area contributed by atoms with Gasteiger partial charge < -0.3 is 15.1 Å². The van der Waals surface area contributed by atoms with Crippen LogP contribution in [0.3, 0.4) is 0 Å². The van der Waals surface area contributed by atoms with Crippen molar-refractivity contribution in [1.82, 2.24) is 20.5 Å². The predicted octanol–water partition coefficient (Wildman–Crippen LogP) is 3.46. The molecule has 29 heavy (non-hydrogen) atoms. The van der Waals surface area contributed by atoms with E-state index >= 15 is 0 Å². The molecule has 2 N–H and O–H groups in total. The van der Waals surface area contributed by atoms with Crippen molar-refractivity contribution in [3.05, 3.63) is 47.7 Å². The molecular formula is C22H33N5OS. The molecule has 6 nitrogen and oxygen atoms in total. The number of aromatic nitrogens is 1. The Balaban J connectivity index is 1.30. The largest absolute Gasteiger partial charge is 0.444 e. The molecule has 3 rings (SSSR count). The second kappa shape index (κ2) is 11.3. The molecule has 1 aliphatic rings. The van der Waals surface area contributed by atoms with E-state index in [0.717, 1.165) is 61.8 Å². The Morgan fingerprint density at radius 2 is 1.97 bits per heavy atom. The van der Waals surface area contributed by atoms with Crippen molar-refractivity contribution in [3.63, 3.8) is 0 Å². The fraction of sp³-hybridized carbons (Fsp3) is 0.545. The maximum atomic E-state index is 5.72. The van der Waals surface area contributed by atoms with Crippen LogP contribution in [0, 0.1) is 19.8 Å². The van der Waals surface area contributed by atoms with Crippen molar-refractivity contribution in [2.45, 2.75) is 38.1 Å². The number of rotatable bonds is 8. The molecule has 7 heteroatoms. The number of thioether (sulfide) groups is 1. The highest BCUT2D eigenvalue weighted by Crippen LogP contribution is 2.19. The Hall–Kier alpha value is -1.99. The molecule has 0 aliphatic carbocycles. The zero-order valence-corrected chi connectivity index (χ0v) is 18.6. The molecule has 1 aliphatic heterocycles. The van der Waals surface area contributed by atoms with Crippen LogP contribution in [0.2, 0.25) is 0 Å². The van der Waals surface area contributed by atoms with Gasteiger partial charge in [0.2, 0.25) is 5.89 Å². The number of aryl methyl sites for hydroxylation is 2. The van der Waals surface area contributed by atoms with E-state index in [0.29, 0.717) is 5.92 Å². The van der Waals surface area contributed by atoms with E-state index < -0.39 is 0 Å². The average molecular weight is 416 g/mol. The second-order valence-corrected chi connectivity index (χ2v) is 8.68. The lowest BCUT2D eigenvalue weighted by atomic mass is 9.97. The highest BCUT2D eigenvalue weighted by Gasteiger charge is 2.21. The molecule has 0 radical (unpaired) electrons. The Bertz CT molecular complexity index is 749. The van der Waals surface area contributed by atoms with E-state index in [-0.39, 0.29) is 0 Å². The van der Waals surface area contributed by atoms with Crippen LogP contribution in [0.5, 0.6) is 0 Å². The first kappa shape index (κ1) is 21.7. The summed E-state index contributed by atoms with van der Waals surface area (Å²) in [5, 5.41) is 6.91. The normalized spacial score (nSPS) is 16.2. The van der Waals surface area contributed by atoms with E-state index in [2.05, 4.69) is 49.8 Å². The predicted molar refractivity (Wildman–Crippen MR) is 121 cm³/mol. The van der Waals surface area contributed by atoms with Crippen LogP contribution >= 0.6 is 11.8 Å². The Kier molecular flexibility index (Phi) is 8.43. The highest BCUT2D eigenvalue weighted by molar-refractivity contribution is 7.99. The third-order valence-electron chi connectivity index (χ3n) is 5.33. The number of piperidine rings is 1. The molecule has 0 atom stereocenters. The monoisotopic (exact) mass is 415 g/mol. The van der Waals surface area contributed by atoms with Crippen LogP contribution in [0.15, 0.2) is 44.6 Å². The summed E-state index contributed by atoms with van der Waals surface area (Å²) < 4.78 is 5.72. The fourth-order valence-electron chi connectivity index (χ4n) is 3.46. The van der Waals surface area contributed by atoms with Gasteiger partial charge >= 0.3 is 0 Å². The summed E-state index contributed by atoms with van der Waals surface area (Å²) in [6.07, 6.45) is 2.37. The number of hydrogen-bond donors (Lipinski definition) is 2. The van der Waals surface area contributed by atoms with Crippen molar-refractivity contribution >= 4 is 17.7 Å². The van der Waals surface area contributed by atoms with Gasteiger partial charge in [-0.25, -0.2) is 4.98 Å². The van der Waals surface area contributed by atoms with Gasteiger partial charge in [0, 0.05) is 30.8 Å². The molecule has 1 aromatic carbocycles. The van der Waals surface area contributed by atoms with Crippen LogP contribution in [0.1, 0.15) is 30.2 Å². The van der Waals surface area contributed by atoms with Gasteiger partial charge in [0.05, 0.1) is 12.2 Å². The SMILES string of the molecule is CN=C(NCCSc1ccccc1)NCC1CCN(Cc2nc(C)c(C)o2)CC1. The third-order valence-corrected chi connectivity index (χ3v) is 6.34. The molecule has 1 fully saturated rings. The van der Waals surface area contributed by atoms with Gasteiger partial charge in [-0.1, -0.05) is 18.2 Å². The molecule has 1 saturated heterocycles. The average Bonchev–Trinajstić information content (AvgIpc) is 3.06. The number of hydrogen-bond acceptors (Lipinski definition) is 5. The lowest BCUT2D eigenvalue weighted by Crippen LogP contribution is -2.43. The number of likely N-dealkylation sites (tertiary alicyclic amines) is 1. The van der Waals surface area contributed by atoms with Gasteiger partial charge in [0.15, 0.2) is 5.96 Å². The molecule has 1 aromatic heterocycles. The number of oxazole rings is 1. The van der Waals surface area contributed by atoms with Crippen LogP contribution < -0.4 is 10.6 Å². The summed E-state index contributed by atoms with van der Waals surface area (Å²) >= 11 is 1.86. The third kappa shape index (κ3) is 7.08. The van der Waals surface area contributed by atoms with E-state index in [1.807, 2.05) is 38.7 Å². The molecule has 0 saturated carbocycles. The van der Waals surface area contributed by atoms with Crippen LogP contribution in [-0.4, -0.2) is 54.8 Å². The molecule has 2 heterocycles. The zero-order valence-electron chi connectivity index (χ0n) is 17.8. The number of benzene rings is 1.